The van der Waals surface area contributed by atoms with Crippen LogP contribution in [0.3, 0.4) is 0 Å². The van der Waals surface area contributed by atoms with Crippen LogP contribution in [-0.2, 0) is 16.1 Å². The average Bonchev–Trinajstić information content (AvgIpc) is 3.53. The average molecular weight is 571 g/mol. The highest BCUT2D eigenvalue weighted by Crippen LogP contribution is 2.36. The number of nitrogens with one attached hydrogen (secondary N) is 1. The number of halogens is 1. The van der Waals surface area contributed by atoms with Gasteiger partial charge in [-0.1, -0.05) is 53.7 Å². The minimum atomic E-state index is -0.506. The molecule has 1 atom stereocenters. The molecule has 8 nitrogen and oxygen atoms in total. The molecule has 0 aliphatic rings. The summed E-state index contributed by atoms with van der Waals surface area (Å²) in [7, 11) is 1.32. The van der Waals surface area contributed by atoms with E-state index in [1.165, 1.54) is 30.2 Å². The van der Waals surface area contributed by atoms with E-state index in [9.17, 15) is 9.59 Å². The first-order valence-electron chi connectivity index (χ1n) is 11.9. The predicted molar refractivity (Wildman–Crippen MR) is 151 cm³/mol. The van der Waals surface area contributed by atoms with E-state index in [1.807, 2.05) is 73.2 Å². The van der Waals surface area contributed by atoms with Crippen molar-refractivity contribution in [3.05, 3.63) is 75.9 Å². The highest BCUT2D eigenvalue weighted by molar-refractivity contribution is 7.99. The smallest absolute Gasteiger partial charge is 0.341 e. The molecular weight excluding hydrogens is 544 g/mol. The Morgan fingerprint density at radius 2 is 1.95 bits per heavy atom. The maximum Gasteiger partial charge on any atom is 0.341 e. The van der Waals surface area contributed by atoms with E-state index in [4.69, 9.17) is 21.1 Å². The topological polar surface area (TPSA) is 95.3 Å². The molecule has 0 radical (unpaired) electrons. The maximum atomic E-state index is 12.9. The first-order chi connectivity index (χ1) is 18.3. The van der Waals surface area contributed by atoms with Gasteiger partial charge in [-0.25, -0.2) is 4.79 Å². The van der Waals surface area contributed by atoms with Crippen molar-refractivity contribution in [2.45, 2.75) is 38.6 Å². The highest BCUT2D eigenvalue weighted by Gasteiger charge is 2.23. The van der Waals surface area contributed by atoms with E-state index in [0.717, 1.165) is 11.1 Å². The van der Waals surface area contributed by atoms with E-state index in [2.05, 4.69) is 15.5 Å². The number of thiophene rings is 1. The van der Waals surface area contributed by atoms with Crippen molar-refractivity contribution in [2.75, 3.05) is 18.2 Å². The van der Waals surface area contributed by atoms with Crippen LogP contribution in [0.4, 0.5) is 5.00 Å². The van der Waals surface area contributed by atoms with Crippen molar-refractivity contribution in [1.82, 2.24) is 14.8 Å². The van der Waals surface area contributed by atoms with Crippen LogP contribution >= 0.6 is 34.7 Å². The third kappa shape index (κ3) is 6.20. The van der Waals surface area contributed by atoms with Gasteiger partial charge in [0.05, 0.1) is 12.9 Å². The third-order valence-corrected chi connectivity index (χ3v) is 8.00. The molecule has 1 amide bonds. The summed E-state index contributed by atoms with van der Waals surface area (Å²) < 4.78 is 13.0. The van der Waals surface area contributed by atoms with Crippen LogP contribution in [0.1, 0.15) is 41.7 Å². The number of aromatic nitrogens is 3. The second kappa shape index (κ2) is 12.5. The van der Waals surface area contributed by atoms with Gasteiger partial charge in [0.2, 0.25) is 5.91 Å². The molecule has 4 rings (SSSR count). The number of methoxy groups -OCH3 is 1. The lowest BCUT2D eigenvalue weighted by Gasteiger charge is -2.16. The summed E-state index contributed by atoms with van der Waals surface area (Å²) in [5, 5.41) is 15.0. The Kier molecular flexibility index (Phi) is 9.09. The van der Waals surface area contributed by atoms with Crippen molar-refractivity contribution in [3.63, 3.8) is 0 Å². The molecule has 0 aliphatic heterocycles. The molecule has 0 bridgehead atoms. The number of hydrogen-bond acceptors (Lipinski definition) is 8. The quantitative estimate of drug-likeness (QED) is 0.168. The zero-order chi connectivity index (χ0) is 27.2. The summed E-state index contributed by atoms with van der Waals surface area (Å²) in [5.41, 5.74) is 2.84. The lowest BCUT2D eigenvalue weighted by molar-refractivity contribution is -0.113. The van der Waals surface area contributed by atoms with Gasteiger partial charge < -0.3 is 19.4 Å². The summed E-state index contributed by atoms with van der Waals surface area (Å²) in [6, 6.07) is 15.0. The number of amides is 1. The zero-order valence-electron chi connectivity index (χ0n) is 21.4. The molecular formula is C27H27ClN4O4S2. The highest BCUT2D eigenvalue weighted by atomic mass is 35.5. The van der Waals surface area contributed by atoms with Gasteiger partial charge in [0, 0.05) is 22.5 Å². The SMILES string of the molecule is CCn1c(SCC(=O)Nc2scc(-c3ccccc3)c2C(=O)OC)nnc1C(C)Oc1ccc(Cl)c(C)c1. The Bertz CT molecular complexity index is 1440. The number of esters is 1. The standard InChI is InChI=1S/C27H27ClN4O4S2/c1-5-32-24(17(3)36-19-11-12-21(28)16(2)13-19)30-31-27(32)38-15-22(33)29-25-23(26(34)35-4)20(14-37-25)18-9-7-6-8-10-18/h6-14,17H,5,15H2,1-4H3,(H,29,33). The van der Waals surface area contributed by atoms with Crippen molar-refractivity contribution < 1.29 is 19.1 Å². The molecule has 0 saturated carbocycles. The van der Waals surface area contributed by atoms with Crippen molar-refractivity contribution in [1.29, 1.82) is 0 Å². The Hall–Kier alpha value is -3.34. The Morgan fingerprint density at radius 1 is 1.18 bits per heavy atom. The maximum absolute atomic E-state index is 12.9. The van der Waals surface area contributed by atoms with Crippen LogP contribution in [0.2, 0.25) is 5.02 Å². The monoisotopic (exact) mass is 570 g/mol. The third-order valence-electron chi connectivity index (χ3n) is 5.72. The fourth-order valence-electron chi connectivity index (χ4n) is 3.83. The van der Waals surface area contributed by atoms with Crippen molar-refractivity contribution >= 4 is 51.6 Å². The molecule has 0 aliphatic carbocycles. The summed E-state index contributed by atoms with van der Waals surface area (Å²) in [5.74, 6) is 0.652. The van der Waals surface area contributed by atoms with Crippen LogP contribution < -0.4 is 10.1 Å². The van der Waals surface area contributed by atoms with E-state index < -0.39 is 5.97 Å². The number of benzene rings is 2. The molecule has 0 saturated heterocycles. The van der Waals surface area contributed by atoms with Gasteiger partial charge in [-0.2, -0.15) is 0 Å². The zero-order valence-corrected chi connectivity index (χ0v) is 23.7. The van der Waals surface area contributed by atoms with Crippen LogP contribution in [0.25, 0.3) is 11.1 Å². The van der Waals surface area contributed by atoms with Gasteiger partial charge in [-0.3, -0.25) is 4.79 Å². The predicted octanol–water partition coefficient (Wildman–Crippen LogP) is 6.65. The molecule has 2 aromatic carbocycles. The van der Waals surface area contributed by atoms with Crippen LogP contribution in [0, 0.1) is 6.92 Å². The van der Waals surface area contributed by atoms with Gasteiger partial charge in [0.15, 0.2) is 17.1 Å². The Morgan fingerprint density at radius 3 is 2.63 bits per heavy atom. The van der Waals surface area contributed by atoms with Crippen molar-refractivity contribution in [3.8, 4) is 16.9 Å². The number of nitrogens with zero attached hydrogens (tertiary/aromatic N) is 3. The lowest BCUT2D eigenvalue weighted by Crippen LogP contribution is -2.17. The summed E-state index contributed by atoms with van der Waals surface area (Å²) in [4.78, 5) is 25.4. The number of rotatable bonds is 10. The second-order valence-electron chi connectivity index (χ2n) is 8.30. The number of aryl methyl sites for hydroxylation is 1. The molecule has 198 valence electrons. The fraction of sp³-hybridized carbons (Fsp3) is 0.259. The number of ether oxygens (including phenoxy) is 2. The van der Waals surface area contributed by atoms with Crippen LogP contribution in [0.15, 0.2) is 59.1 Å². The molecule has 38 heavy (non-hydrogen) atoms. The molecule has 4 aromatic rings. The molecule has 2 heterocycles. The van der Waals surface area contributed by atoms with Crippen LogP contribution in [-0.4, -0.2) is 39.5 Å². The van der Waals surface area contributed by atoms with Gasteiger partial charge in [-0.15, -0.1) is 21.5 Å². The van der Waals surface area contributed by atoms with Crippen molar-refractivity contribution in [2.24, 2.45) is 0 Å². The molecule has 1 unspecified atom stereocenters. The van der Waals surface area contributed by atoms with E-state index in [0.29, 0.717) is 44.4 Å². The summed E-state index contributed by atoms with van der Waals surface area (Å²) in [6.45, 7) is 6.41. The Labute approximate surface area is 234 Å². The molecule has 0 spiro atoms. The van der Waals surface area contributed by atoms with E-state index >= 15 is 0 Å². The molecule has 0 fully saturated rings. The number of anilines is 1. The number of hydrogen-bond donors (Lipinski definition) is 1. The first-order valence-corrected chi connectivity index (χ1v) is 14.1. The van der Waals surface area contributed by atoms with Gasteiger partial charge >= 0.3 is 5.97 Å². The minimum absolute atomic E-state index is 0.0862. The van der Waals surface area contributed by atoms with E-state index in [1.54, 1.807) is 6.07 Å². The molecule has 11 heteroatoms. The minimum Gasteiger partial charge on any atom is -0.483 e. The van der Waals surface area contributed by atoms with Gasteiger partial charge in [0.1, 0.15) is 16.3 Å². The summed E-state index contributed by atoms with van der Waals surface area (Å²) in [6.07, 6.45) is -0.364. The van der Waals surface area contributed by atoms with E-state index in [-0.39, 0.29) is 17.8 Å². The largest absolute Gasteiger partial charge is 0.483 e. The molecule has 1 N–H and O–H groups in total. The van der Waals surface area contributed by atoms with Crippen LogP contribution in [0.5, 0.6) is 5.75 Å². The first kappa shape index (κ1) is 27.7. The fourth-order valence-corrected chi connectivity index (χ4v) is 5.73. The normalized spacial score (nSPS) is 11.7. The molecule has 2 aromatic heterocycles. The Balaban J connectivity index is 1.44. The number of thioether (sulfide) groups is 1. The number of carbonyl (C=O) groups is 2. The van der Waals surface area contributed by atoms with Gasteiger partial charge in [-0.05, 0) is 50.1 Å². The van der Waals surface area contributed by atoms with Gasteiger partial charge in [0.25, 0.3) is 0 Å². The lowest BCUT2D eigenvalue weighted by atomic mass is 10.0. The number of carbonyl (C=O) groups excluding carboxylic acids is 2. The second-order valence-corrected chi connectivity index (χ2v) is 10.5. The summed E-state index contributed by atoms with van der Waals surface area (Å²) >= 11 is 8.66.